The van der Waals surface area contributed by atoms with Gasteiger partial charge in [-0.1, -0.05) is 42.1 Å². The van der Waals surface area contributed by atoms with Crippen molar-refractivity contribution >= 4 is 17.7 Å². The highest BCUT2D eigenvalue weighted by Crippen LogP contribution is 2.21. The highest BCUT2D eigenvalue weighted by atomic mass is 32.2. The number of hydrogen-bond donors (Lipinski definition) is 2. The molecule has 2 rings (SSSR count). The van der Waals surface area contributed by atoms with Gasteiger partial charge in [-0.3, -0.25) is 4.79 Å². The van der Waals surface area contributed by atoms with E-state index in [1.165, 1.54) is 11.8 Å². The molecule has 0 amide bonds. The molecule has 1 aromatic heterocycles. The molecule has 1 heterocycles. The van der Waals surface area contributed by atoms with Crippen LogP contribution in [0.4, 0.5) is 0 Å². The van der Waals surface area contributed by atoms with Gasteiger partial charge in [-0.15, -0.1) is 0 Å². The molecule has 0 saturated heterocycles. The molecule has 2 aromatic rings. The first-order valence-corrected chi connectivity index (χ1v) is 7.78. The van der Waals surface area contributed by atoms with Crippen LogP contribution in [0.3, 0.4) is 0 Å². The van der Waals surface area contributed by atoms with Gasteiger partial charge in [-0.25, -0.2) is 9.97 Å². The molecular weight excluding hydrogens is 286 g/mol. The number of thioether (sulfide) groups is 1. The van der Waals surface area contributed by atoms with Crippen molar-refractivity contribution in [2.75, 3.05) is 6.26 Å². The largest absolute Gasteiger partial charge is 0.480 e. The molecule has 0 saturated carbocycles. The van der Waals surface area contributed by atoms with Crippen LogP contribution < -0.4 is 5.73 Å². The van der Waals surface area contributed by atoms with E-state index in [4.69, 9.17) is 10.8 Å². The van der Waals surface area contributed by atoms with Gasteiger partial charge in [0, 0.05) is 11.3 Å². The summed E-state index contributed by atoms with van der Waals surface area (Å²) in [5.74, 6) is -0.988. The van der Waals surface area contributed by atoms with E-state index in [9.17, 15) is 4.79 Å². The third kappa shape index (κ3) is 4.27. The van der Waals surface area contributed by atoms with Crippen LogP contribution in [0, 0.1) is 0 Å². The predicted molar refractivity (Wildman–Crippen MR) is 83.2 cm³/mol. The van der Waals surface area contributed by atoms with Gasteiger partial charge in [0.1, 0.15) is 6.04 Å². The Hall–Kier alpha value is -1.92. The standard InChI is InChI=1S/C15H17N3O2S/c1-21-15-17-11(7-8-12(16)14(19)20)9-13(18-15)10-5-3-2-4-6-10/h2-6,9,12H,7-8,16H2,1H3,(H,19,20)/t12-/m0/s1. The first-order valence-electron chi connectivity index (χ1n) is 6.56. The van der Waals surface area contributed by atoms with Crippen LogP contribution >= 0.6 is 11.8 Å². The molecule has 0 radical (unpaired) electrons. The van der Waals surface area contributed by atoms with Gasteiger partial charge in [-0.05, 0) is 25.2 Å². The number of benzene rings is 1. The van der Waals surface area contributed by atoms with E-state index in [2.05, 4.69) is 9.97 Å². The molecule has 0 unspecified atom stereocenters. The van der Waals surface area contributed by atoms with Crippen molar-refractivity contribution in [3.8, 4) is 11.3 Å². The molecule has 21 heavy (non-hydrogen) atoms. The number of aryl methyl sites for hydroxylation is 1. The molecule has 5 nitrogen and oxygen atoms in total. The van der Waals surface area contributed by atoms with Crippen molar-refractivity contribution in [3.63, 3.8) is 0 Å². The fourth-order valence-corrected chi connectivity index (χ4v) is 2.27. The van der Waals surface area contributed by atoms with Crippen LogP contribution in [0.2, 0.25) is 0 Å². The lowest BCUT2D eigenvalue weighted by atomic mass is 10.1. The number of aromatic nitrogens is 2. The highest BCUT2D eigenvalue weighted by Gasteiger charge is 2.13. The number of carboxylic acids is 1. The van der Waals surface area contributed by atoms with E-state index in [1.54, 1.807) is 0 Å². The maximum atomic E-state index is 10.8. The first-order chi connectivity index (χ1) is 10.1. The van der Waals surface area contributed by atoms with Crippen molar-refractivity contribution < 1.29 is 9.90 Å². The fourth-order valence-electron chi connectivity index (χ4n) is 1.88. The van der Waals surface area contributed by atoms with Gasteiger partial charge in [0.25, 0.3) is 0 Å². The number of nitrogens with two attached hydrogens (primary N) is 1. The molecule has 110 valence electrons. The second kappa shape index (κ2) is 7.19. The van der Waals surface area contributed by atoms with Crippen LogP contribution in [0.15, 0.2) is 41.6 Å². The van der Waals surface area contributed by atoms with Gasteiger partial charge < -0.3 is 10.8 Å². The zero-order chi connectivity index (χ0) is 15.2. The normalized spacial score (nSPS) is 12.1. The topological polar surface area (TPSA) is 89.1 Å². The summed E-state index contributed by atoms with van der Waals surface area (Å²) >= 11 is 1.46. The summed E-state index contributed by atoms with van der Waals surface area (Å²) in [7, 11) is 0. The summed E-state index contributed by atoms with van der Waals surface area (Å²) in [5.41, 5.74) is 8.20. The maximum absolute atomic E-state index is 10.8. The Kier molecular flexibility index (Phi) is 5.30. The molecule has 0 aliphatic heterocycles. The van der Waals surface area contributed by atoms with Crippen LogP contribution in [-0.2, 0) is 11.2 Å². The van der Waals surface area contributed by atoms with Crippen molar-refractivity contribution in [3.05, 3.63) is 42.1 Å². The van der Waals surface area contributed by atoms with Crippen molar-refractivity contribution in [2.45, 2.75) is 24.0 Å². The van der Waals surface area contributed by atoms with Crippen LogP contribution in [-0.4, -0.2) is 33.3 Å². The SMILES string of the molecule is CSc1nc(CC[C@H](N)C(=O)O)cc(-c2ccccc2)n1. The lowest BCUT2D eigenvalue weighted by molar-refractivity contribution is -0.138. The van der Waals surface area contributed by atoms with E-state index in [0.29, 0.717) is 18.0 Å². The second-order valence-electron chi connectivity index (χ2n) is 4.58. The van der Waals surface area contributed by atoms with Crippen molar-refractivity contribution in [1.29, 1.82) is 0 Å². The van der Waals surface area contributed by atoms with Gasteiger partial charge in [0.15, 0.2) is 5.16 Å². The third-order valence-corrected chi connectivity index (χ3v) is 3.59. The fraction of sp³-hybridized carbons (Fsp3) is 0.267. The van der Waals surface area contributed by atoms with Gasteiger partial charge >= 0.3 is 5.97 Å². The zero-order valence-electron chi connectivity index (χ0n) is 11.7. The molecule has 0 aliphatic rings. The van der Waals surface area contributed by atoms with E-state index in [0.717, 1.165) is 17.0 Å². The Labute approximate surface area is 127 Å². The number of nitrogens with zero attached hydrogens (tertiary/aromatic N) is 2. The highest BCUT2D eigenvalue weighted by molar-refractivity contribution is 7.98. The first kappa shape index (κ1) is 15.5. The number of aliphatic carboxylic acids is 1. The van der Waals surface area contributed by atoms with Gasteiger partial charge in [-0.2, -0.15) is 0 Å². The van der Waals surface area contributed by atoms with Crippen LogP contribution in [0.5, 0.6) is 0 Å². The molecule has 6 heteroatoms. The number of hydrogen-bond acceptors (Lipinski definition) is 5. The van der Waals surface area contributed by atoms with E-state index in [1.807, 2.05) is 42.7 Å². The molecule has 1 atom stereocenters. The maximum Gasteiger partial charge on any atom is 0.320 e. The van der Waals surface area contributed by atoms with Crippen LogP contribution in [0.25, 0.3) is 11.3 Å². The molecule has 0 bridgehead atoms. The predicted octanol–water partition coefficient (Wildman–Crippen LogP) is 2.21. The summed E-state index contributed by atoms with van der Waals surface area (Å²) in [4.78, 5) is 19.7. The molecule has 3 N–H and O–H groups in total. The van der Waals surface area contributed by atoms with Crippen molar-refractivity contribution in [1.82, 2.24) is 9.97 Å². The number of rotatable bonds is 6. The van der Waals surface area contributed by atoms with Gasteiger partial charge in [0.05, 0.1) is 5.69 Å². The summed E-state index contributed by atoms with van der Waals surface area (Å²) < 4.78 is 0. The van der Waals surface area contributed by atoms with Crippen molar-refractivity contribution in [2.24, 2.45) is 5.73 Å². The molecule has 0 aliphatic carbocycles. The molecule has 0 spiro atoms. The van der Waals surface area contributed by atoms with Gasteiger partial charge in [0.2, 0.25) is 0 Å². The Morgan fingerprint density at radius 3 is 2.67 bits per heavy atom. The minimum atomic E-state index is -0.988. The van der Waals surface area contributed by atoms with E-state index >= 15 is 0 Å². The van der Waals surface area contributed by atoms with E-state index in [-0.39, 0.29) is 0 Å². The summed E-state index contributed by atoms with van der Waals surface area (Å²) in [6, 6.07) is 10.9. The monoisotopic (exact) mass is 303 g/mol. The lowest BCUT2D eigenvalue weighted by Gasteiger charge is -2.09. The molecular formula is C15H17N3O2S. The summed E-state index contributed by atoms with van der Waals surface area (Å²) in [6.07, 6.45) is 2.79. The average Bonchev–Trinajstić information content (AvgIpc) is 2.52. The zero-order valence-corrected chi connectivity index (χ0v) is 12.5. The smallest absolute Gasteiger partial charge is 0.320 e. The van der Waals surface area contributed by atoms with Crippen LogP contribution in [0.1, 0.15) is 12.1 Å². The Morgan fingerprint density at radius 2 is 2.05 bits per heavy atom. The number of carbonyl (C=O) groups is 1. The summed E-state index contributed by atoms with van der Waals surface area (Å²) in [5, 5.41) is 9.51. The minimum Gasteiger partial charge on any atom is -0.480 e. The molecule has 0 fully saturated rings. The quantitative estimate of drug-likeness (QED) is 0.628. The minimum absolute atomic E-state index is 0.356. The Bertz CT molecular complexity index is 620. The number of carboxylic acid groups (broad SMARTS) is 1. The Balaban J connectivity index is 2.24. The third-order valence-electron chi connectivity index (χ3n) is 3.04. The Morgan fingerprint density at radius 1 is 1.33 bits per heavy atom. The molecule has 1 aromatic carbocycles. The van der Waals surface area contributed by atoms with E-state index < -0.39 is 12.0 Å². The second-order valence-corrected chi connectivity index (χ2v) is 5.35. The average molecular weight is 303 g/mol. The summed E-state index contributed by atoms with van der Waals surface area (Å²) in [6.45, 7) is 0. The lowest BCUT2D eigenvalue weighted by Crippen LogP contribution is -2.30.